The molecule has 0 aliphatic carbocycles. The van der Waals surface area contributed by atoms with E-state index in [-0.39, 0.29) is 6.61 Å². The van der Waals surface area contributed by atoms with E-state index in [4.69, 9.17) is 16.7 Å². The van der Waals surface area contributed by atoms with E-state index < -0.39 is 0 Å². The molecule has 0 spiro atoms. The minimum absolute atomic E-state index is 0.159. The van der Waals surface area contributed by atoms with E-state index in [0.717, 1.165) is 10.2 Å². The SMILES string of the molecule is OCc1nncn1-c1ccc(Br)c(Cl)c1. The van der Waals surface area contributed by atoms with Crippen molar-refractivity contribution >= 4 is 27.5 Å². The molecule has 15 heavy (non-hydrogen) atoms. The molecule has 0 aliphatic rings. The van der Waals surface area contributed by atoms with E-state index in [0.29, 0.717) is 10.8 Å². The van der Waals surface area contributed by atoms with Crippen LogP contribution in [0.1, 0.15) is 5.82 Å². The minimum atomic E-state index is -0.159. The van der Waals surface area contributed by atoms with Gasteiger partial charge in [-0.1, -0.05) is 11.6 Å². The van der Waals surface area contributed by atoms with Crippen LogP contribution in [-0.2, 0) is 6.61 Å². The maximum atomic E-state index is 9.03. The summed E-state index contributed by atoms with van der Waals surface area (Å²) >= 11 is 9.27. The fourth-order valence-electron chi connectivity index (χ4n) is 1.22. The molecule has 0 radical (unpaired) electrons. The third-order valence-electron chi connectivity index (χ3n) is 1.94. The van der Waals surface area contributed by atoms with E-state index in [1.165, 1.54) is 6.33 Å². The first kappa shape index (κ1) is 10.6. The smallest absolute Gasteiger partial charge is 0.163 e. The van der Waals surface area contributed by atoms with Crippen LogP contribution in [0.4, 0.5) is 0 Å². The average Bonchev–Trinajstić information content (AvgIpc) is 2.70. The molecule has 0 atom stereocenters. The van der Waals surface area contributed by atoms with Gasteiger partial charge in [-0.3, -0.25) is 4.57 Å². The maximum Gasteiger partial charge on any atom is 0.163 e. The largest absolute Gasteiger partial charge is 0.388 e. The Morgan fingerprint density at radius 3 is 2.93 bits per heavy atom. The molecule has 0 amide bonds. The van der Waals surface area contributed by atoms with Crippen LogP contribution in [0.25, 0.3) is 5.69 Å². The molecule has 0 fully saturated rings. The van der Waals surface area contributed by atoms with Gasteiger partial charge in [0, 0.05) is 10.2 Å². The van der Waals surface area contributed by atoms with Crippen LogP contribution in [0.2, 0.25) is 5.02 Å². The molecule has 0 bridgehead atoms. The van der Waals surface area contributed by atoms with Gasteiger partial charge in [-0.2, -0.15) is 0 Å². The summed E-state index contributed by atoms with van der Waals surface area (Å²) in [5.74, 6) is 0.480. The predicted molar refractivity (Wildman–Crippen MR) is 60.0 cm³/mol. The lowest BCUT2D eigenvalue weighted by atomic mass is 10.3. The molecule has 2 aromatic rings. The van der Waals surface area contributed by atoms with Crippen molar-refractivity contribution in [2.75, 3.05) is 0 Å². The molecule has 2 rings (SSSR count). The summed E-state index contributed by atoms with van der Waals surface area (Å²) in [6, 6.07) is 5.46. The van der Waals surface area contributed by atoms with Crippen molar-refractivity contribution in [2.24, 2.45) is 0 Å². The minimum Gasteiger partial charge on any atom is -0.388 e. The second kappa shape index (κ2) is 4.30. The van der Waals surface area contributed by atoms with Crippen LogP contribution in [0.3, 0.4) is 0 Å². The highest BCUT2D eigenvalue weighted by atomic mass is 79.9. The molecule has 0 saturated carbocycles. The van der Waals surface area contributed by atoms with Crippen molar-refractivity contribution in [2.45, 2.75) is 6.61 Å². The maximum absolute atomic E-state index is 9.03. The quantitative estimate of drug-likeness (QED) is 0.921. The van der Waals surface area contributed by atoms with Gasteiger partial charge in [0.25, 0.3) is 0 Å². The summed E-state index contributed by atoms with van der Waals surface area (Å²) in [4.78, 5) is 0. The Labute approximate surface area is 99.6 Å². The van der Waals surface area contributed by atoms with Crippen LogP contribution in [0.15, 0.2) is 29.0 Å². The number of aliphatic hydroxyl groups excluding tert-OH is 1. The van der Waals surface area contributed by atoms with Crippen molar-refractivity contribution < 1.29 is 5.11 Å². The van der Waals surface area contributed by atoms with Crippen molar-refractivity contribution in [1.82, 2.24) is 14.8 Å². The first-order valence-corrected chi connectivity index (χ1v) is 5.34. The zero-order chi connectivity index (χ0) is 10.8. The lowest BCUT2D eigenvalue weighted by Gasteiger charge is -2.05. The molecule has 78 valence electrons. The monoisotopic (exact) mass is 287 g/mol. The number of hydrogen-bond acceptors (Lipinski definition) is 3. The first-order chi connectivity index (χ1) is 7.22. The second-order valence-corrected chi connectivity index (χ2v) is 4.14. The number of halogens is 2. The highest BCUT2D eigenvalue weighted by Crippen LogP contribution is 2.25. The van der Waals surface area contributed by atoms with Crippen molar-refractivity contribution in [3.8, 4) is 5.69 Å². The van der Waals surface area contributed by atoms with Crippen LogP contribution in [0, 0.1) is 0 Å². The summed E-state index contributed by atoms with van der Waals surface area (Å²) in [6.07, 6.45) is 1.53. The Kier molecular flexibility index (Phi) is 3.04. The Hall–Kier alpha value is -0.910. The van der Waals surface area contributed by atoms with Gasteiger partial charge in [-0.15, -0.1) is 10.2 Å². The van der Waals surface area contributed by atoms with Crippen LogP contribution in [-0.4, -0.2) is 19.9 Å². The lowest BCUT2D eigenvalue weighted by Crippen LogP contribution is -1.99. The second-order valence-electron chi connectivity index (χ2n) is 2.87. The molecule has 0 saturated heterocycles. The number of rotatable bonds is 2. The average molecular weight is 289 g/mol. The van der Waals surface area contributed by atoms with Gasteiger partial charge in [0.1, 0.15) is 12.9 Å². The first-order valence-electron chi connectivity index (χ1n) is 4.17. The molecule has 1 aromatic carbocycles. The molecule has 6 heteroatoms. The fourth-order valence-corrected chi connectivity index (χ4v) is 1.64. The van der Waals surface area contributed by atoms with Gasteiger partial charge in [0.2, 0.25) is 0 Å². The Balaban J connectivity index is 2.50. The summed E-state index contributed by atoms with van der Waals surface area (Å²) in [6.45, 7) is -0.159. The normalized spacial score (nSPS) is 10.6. The molecule has 0 aliphatic heterocycles. The highest BCUT2D eigenvalue weighted by molar-refractivity contribution is 9.10. The molecule has 4 nitrogen and oxygen atoms in total. The molecule has 1 aromatic heterocycles. The van der Waals surface area contributed by atoms with Gasteiger partial charge < -0.3 is 5.11 Å². The number of benzene rings is 1. The zero-order valence-corrected chi connectivity index (χ0v) is 9.90. The summed E-state index contributed by atoms with van der Waals surface area (Å²) in [7, 11) is 0. The fraction of sp³-hybridized carbons (Fsp3) is 0.111. The summed E-state index contributed by atoms with van der Waals surface area (Å²) in [5.41, 5.74) is 0.817. The lowest BCUT2D eigenvalue weighted by molar-refractivity contribution is 0.269. The van der Waals surface area contributed by atoms with Crippen LogP contribution in [0.5, 0.6) is 0 Å². The van der Waals surface area contributed by atoms with E-state index in [1.807, 2.05) is 12.1 Å². The van der Waals surface area contributed by atoms with Gasteiger partial charge >= 0.3 is 0 Å². The standard InChI is InChI=1S/C9H7BrClN3O/c10-7-2-1-6(3-8(7)11)14-5-12-13-9(14)4-15/h1-3,5,15H,4H2. The van der Waals surface area contributed by atoms with Gasteiger partial charge in [0.15, 0.2) is 5.82 Å². The topological polar surface area (TPSA) is 50.9 Å². The van der Waals surface area contributed by atoms with Crippen molar-refractivity contribution in [1.29, 1.82) is 0 Å². The summed E-state index contributed by atoms with van der Waals surface area (Å²) in [5, 5.41) is 17.1. The van der Waals surface area contributed by atoms with Crippen molar-refractivity contribution in [3.05, 3.63) is 39.8 Å². The molecule has 0 unspecified atom stereocenters. The predicted octanol–water partition coefficient (Wildman–Crippen LogP) is 2.18. The van der Waals surface area contributed by atoms with Crippen molar-refractivity contribution in [3.63, 3.8) is 0 Å². The Morgan fingerprint density at radius 1 is 1.47 bits per heavy atom. The van der Waals surface area contributed by atoms with Crippen LogP contribution >= 0.6 is 27.5 Å². The third kappa shape index (κ3) is 2.04. The van der Waals surface area contributed by atoms with Gasteiger partial charge in [0.05, 0.1) is 5.02 Å². The third-order valence-corrected chi connectivity index (χ3v) is 3.17. The molecular formula is C9H7BrClN3O. The summed E-state index contributed by atoms with van der Waals surface area (Å²) < 4.78 is 2.50. The number of nitrogens with zero attached hydrogens (tertiary/aromatic N) is 3. The Bertz CT molecular complexity index is 486. The molecule has 1 N–H and O–H groups in total. The number of aromatic nitrogens is 3. The van der Waals surface area contributed by atoms with E-state index in [2.05, 4.69) is 26.1 Å². The highest BCUT2D eigenvalue weighted by Gasteiger charge is 2.06. The van der Waals surface area contributed by atoms with Gasteiger partial charge in [-0.25, -0.2) is 0 Å². The molecular weight excluding hydrogens is 281 g/mol. The Morgan fingerprint density at radius 2 is 2.27 bits per heavy atom. The van der Waals surface area contributed by atoms with E-state index in [1.54, 1.807) is 10.6 Å². The zero-order valence-electron chi connectivity index (χ0n) is 7.56. The van der Waals surface area contributed by atoms with E-state index >= 15 is 0 Å². The number of hydrogen-bond donors (Lipinski definition) is 1. The number of aliphatic hydroxyl groups is 1. The van der Waals surface area contributed by atoms with Gasteiger partial charge in [-0.05, 0) is 34.1 Å². The van der Waals surface area contributed by atoms with Crippen LogP contribution < -0.4 is 0 Å². The van der Waals surface area contributed by atoms with E-state index in [9.17, 15) is 0 Å². The molecule has 1 heterocycles.